The van der Waals surface area contributed by atoms with Gasteiger partial charge in [-0.3, -0.25) is 9.59 Å². The van der Waals surface area contributed by atoms with Crippen LogP contribution in [0.5, 0.6) is 0 Å². The Morgan fingerprint density at radius 1 is 0.971 bits per heavy atom. The normalized spacial score (nSPS) is 12.5. The van der Waals surface area contributed by atoms with Crippen molar-refractivity contribution < 1.29 is 18.0 Å². The van der Waals surface area contributed by atoms with E-state index >= 15 is 0 Å². The van der Waals surface area contributed by atoms with E-state index in [1.54, 1.807) is 18.2 Å². The molecule has 0 aromatic heterocycles. The van der Waals surface area contributed by atoms with Gasteiger partial charge in [-0.15, -0.1) is 0 Å². The molecule has 3 aromatic carbocycles. The number of aryl methyl sites for hydroxylation is 1. The number of benzene rings is 3. The number of likely N-dealkylation sites (N-methyl/N-ethyl adjacent to an activating group) is 2. The molecule has 1 atom stereocenters. The van der Waals surface area contributed by atoms with Gasteiger partial charge in [-0.1, -0.05) is 67.1 Å². The Morgan fingerprint density at radius 2 is 1.68 bits per heavy atom. The van der Waals surface area contributed by atoms with Gasteiger partial charge in [0, 0.05) is 20.6 Å². The third kappa shape index (κ3) is 5.63. The third-order valence-electron chi connectivity index (χ3n) is 5.85. The molecule has 0 bridgehead atoms. The predicted octanol–water partition coefficient (Wildman–Crippen LogP) is 3.32. The van der Waals surface area contributed by atoms with Gasteiger partial charge >= 0.3 is 0 Å². The van der Waals surface area contributed by atoms with Gasteiger partial charge in [0.05, 0.1) is 11.4 Å². The predicted molar refractivity (Wildman–Crippen MR) is 134 cm³/mol. The van der Waals surface area contributed by atoms with Crippen molar-refractivity contribution in [3.8, 4) is 0 Å². The van der Waals surface area contributed by atoms with Crippen molar-refractivity contribution in [2.45, 2.75) is 37.8 Å². The fraction of sp³-hybridized carbons (Fsp3) is 0.308. The molecule has 0 aliphatic heterocycles. The average Bonchev–Trinajstić information content (AvgIpc) is 2.83. The number of hydrogen-bond acceptors (Lipinski definition) is 4. The Bertz CT molecular complexity index is 1290. The van der Waals surface area contributed by atoms with E-state index in [4.69, 9.17) is 0 Å². The summed E-state index contributed by atoms with van der Waals surface area (Å²) in [5.74, 6) is -0.729. The topological polar surface area (TPSA) is 86.8 Å². The van der Waals surface area contributed by atoms with E-state index in [1.807, 2.05) is 62.4 Å². The zero-order valence-electron chi connectivity index (χ0n) is 20.0. The minimum absolute atomic E-state index is 0.116. The number of amides is 2. The number of carbonyl (C=O) groups is 2. The first-order valence-electron chi connectivity index (χ1n) is 11.2. The molecular formula is C26H31N3O4S. The molecule has 0 aliphatic carbocycles. The van der Waals surface area contributed by atoms with Crippen molar-refractivity contribution in [1.29, 1.82) is 0 Å². The van der Waals surface area contributed by atoms with Gasteiger partial charge in [-0.2, -0.15) is 4.31 Å². The van der Waals surface area contributed by atoms with Crippen LogP contribution in [-0.4, -0.2) is 56.1 Å². The second-order valence-electron chi connectivity index (χ2n) is 8.32. The largest absolute Gasteiger partial charge is 0.357 e. The lowest BCUT2D eigenvalue weighted by molar-refractivity contribution is -0.141. The molecule has 3 rings (SSSR count). The Hall–Kier alpha value is -3.23. The van der Waals surface area contributed by atoms with Crippen LogP contribution in [0.3, 0.4) is 0 Å². The first-order chi connectivity index (χ1) is 16.2. The molecule has 180 valence electrons. The van der Waals surface area contributed by atoms with Crippen molar-refractivity contribution in [3.63, 3.8) is 0 Å². The summed E-state index contributed by atoms with van der Waals surface area (Å²) in [6, 6.07) is 19.4. The van der Waals surface area contributed by atoms with Crippen LogP contribution in [0, 0.1) is 6.92 Å². The van der Waals surface area contributed by atoms with Gasteiger partial charge in [-0.05, 0) is 41.8 Å². The lowest BCUT2D eigenvalue weighted by Crippen LogP contribution is -2.51. The van der Waals surface area contributed by atoms with Gasteiger partial charge in [-0.25, -0.2) is 8.42 Å². The lowest BCUT2D eigenvalue weighted by atomic mass is 10.1. The minimum Gasteiger partial charge on any atom is -0.357 e. The van der Waals surface area contributed by atoms with Crippen LogP contribution in [0.25, 0.3) is 10.8 Å². The highest BCUT2D eigenvalue weighted by Gasteiger charge is 2.31. The first kappa shape index (κ1) is 25.4. The van der Waals surface area contributed by atoms with Crippen molar-refractivity contribution >= 4 is 32.6 Å². The van der Waals surface area contributed by atoms with Gasteiger partial charge in [0.1, 0.15) is 6.04 Å². The molecule has 7 nitrogen and oxygen atoms in total. The van der Waals surface area contributed by atoms with Gasteiger partial charge < -0.3 is 10.2 Å². The maximum Gasteiger partial charge on any atom is 0.243 e. The standard InChI is InChI=1S/C26H31N3O4S/c1-5-24(26(31)27-3)29(17-20-10-8-9-19(2)15-20)25(30)18-28(4)34(32,33)23-14-13-21-11-6-7-12-22(21)16-23/h6-16,24H,5,17-18H2,1-4H3,(H,27,31). The Labute approximate surface area is 201 Å². The number of rotatable bonds is 9. The van der Waals surface area contributed by atoms with E-state index < -0.39 is 22.0 Å². The van der Waals surface area contributed by atoms with Crippen LogP contribution in [0.15, 0.2) is 71.6 Å². The molecule has 34 heavy (non-hydrogen) atoms. The number of nitrogens with zero attached hydrogens (tertiary/aromatic N) is 2. The summed E-state index contributed by atoms with van der Waals surface area (Å²) in [5.41, 5.74) is 1.91. The fourth-order valence-electron chi connectivity index (χ4n) is 3.97. The summed E-state index contributed by atoms with van der Waals surface area (Å²) in [4.78, 5) is 27.5. The molecule has 0 aliphatic rings. The highest BCUT2D eigenvalue weighted by molar-refractivity contribution is 7.89. The Morgan fingerprint density at radius 3 is 2.32 bits per heavy atom. The van der Waals surface area contributed by atoms with E-state index in [1.165, 1.54) is 19.0 Å². The molecule has 0 spiro atoms. The summed E-state index contributed by atoms with van der Waals surface area (Å²) in [7, 11) is -1.00. The average molecular weight is 482 g/mol. The van der Waals surface area contributed by atoms with E-state index in [9.17, 15) is 18.0 Å². The molecule has 0 fully saturated rings. The zero-order chi connectivity index (χ0) is 24.9. The number of nitrogens with one attached hydrogen (secondary N) is 1. The van der Waals surface area contributed by atoms with Gasteiger partial charge in [0.15, 0.2) is 0 Å². The number of fused-ring (bicyclic) bond motifs is 1. The third-order valence-corrected chi connectivity index (χ3v) is 7.65. The highest BCUT2D eigenvalue weighted by Crippen LogP contribution is 2.22. The zero-order valence-corrected chi connectivity index (χ0v) is 20.8. The molecule has 0 heterocycles. The quantitative estimate of drug-likeness (QED) is 0.508. The molecule has 0 radical (unpaired) electrons. The monoisotopic (exact) mass is 481 g/mol. The van der Waals surface area contributed by atoms with Gasteiger partial charge in [0.25, 0.3) is 0 Å². The molecule has 2 amide bonds. The fourth-order valence-corrected chi connectivity index (χ4v) is 5.12. The maximum atomic E-state index is 13.4. The van der Waals surface area contributed by atoms with E-state index in [-0.39, 0.29) is 23.9 Å². The summed E-state index contributed by atoms with van der Waals surface area (Å²) < 4.78 is 27.5. The van der Waals surface area contributed by atoms with Crippen LogP contribution in [0.1, 0.15) is 24.5 Å². The summed E-state index contributed by atoms with van der Waals surface area (Å²) >= 11 is 0. The smallest absolute Gasteiger partial charge is 0.243 e. The summed E-state index contributed by atoms with van der Waals surface area (Å²) in [5, 5.41) is 4.34. The summed E-state index contributed by atoms with van der Waals surface area (Å²) in [6.07, 6.45) is 0.401. The van der Waals surface area contributed by atoms with Crippen LogP contribution in [0.2, 0.25) is 0 Å². The number of carbonyl (C=O) groups excluding carboxylic acids is 2. The van der Waals surface area contributed by atoms with Crippen molar-refractivity contribution in [2.24, 2.45) is 0 Å². The van der Waals surface area contributed by atoms with E-state index in [2.05, 4.69) is 5.32 Å². The molecule has 1 unspecified atom stereocenters. The van der Waals surface area contributed by atoms with Crippen LogP contribution in [0.4, 0.5) is 0 Å². The van der Waals surface area contributed by atoms with Crippen LogP contribution >= 0.6 is 0 Å². The van der Waals surface area contributed by atoms with Crippen molar-refractivity contribution in [2.75, 3.05) is 20.6 Å². The second-order valence-corrected chi connectivity index (χ2v) is 10.4. The lowest BCUT2D eigenvalue weighted by Gasteiger charge is -2.31. The number of sulfonamides is 1. The molecule has 8 heteroatoms. The molecule has 0 saturated carbocycles. The van der Waals surface area contributed by atoms with Crippen LogP contribution < -0.4 is 5.32 Å². The summed E-state index contributed by atoms with van der Waals surface area (Å²) in [6.45, 7) is 3.60. The van der Waals surface area contributed by atoms with E-state index in [0.29, 0.717) is 6.42 Å². The first-order valence-corrected chi connectivity index (χ1v) is 12.6. The molecule has 1 N–H and O–H groups in total. The van der Waals surface area contributed by atoms with Crippen molar-refractivity contribution in [3.05, 3.63) is 77.9 Å². The van der Waals surface area contributed by atoms with Crippen molar-refractivity contribution in [1.82, 2.24) is 14.5 Å². The maximum absolute atomic E-state index is 13.4. The molecule has 0 saturated heterocycles. The van der Waals surface area contributed by atoms with Crippen LogP contribution in [-0.2, 0) is 26.2 Å². The van der Waals surface area contributed by atoms with Gasteiger partial charge in [0.2, 0.25) is 21.8 Å². The molecular weight excluding hydrogens is 450 g/mol. The number of hydrogen-bond donors (Lipinski definition) is 1. The Balaban J connectivity index is 1.88. The highest BCUT2D eigenvalue weighted by atomic mass is 32.2. The molecule has 3 aromatic rings. The minimum atomic E-state index is -3.91. The Kier molecular flexibility index (Phi) is 8.06. The second kappa shape index (κ2) is 10.8. The SMILES string of the molecule is CCC(C(=O)NC)N(Cc1cccc(C)c1)C(=O)CN(C)S(=O)(=O)c1ccc2ccccc2c1. The van der Waals surface area contributed by atoms with E-state index in [0.717, 1.165) is 26.2 Å².